The monoisotopic (exact) mass is 758 g/mol. The van der Waals surface area contributed by atoms with Crippen molar-refractivity contribution < 1.29 is 0 Å². The van der Waals surface area contributed by atoms with Gasteiger partial charge in [0, 0.05) is 76.6 Å². The molecule has 0 unspecified atom stereocenters. The summed E-state index contributed by atoms with van der Waals surface area (Å²) in [6.45, 7) is 11.2. The smallest absolute Gasteiger partial charge is 0.226 e. The van der Waals surface area contributed by atoms with E-state index in [-0.39, 0.29) is 0 Å². The molecule has 16 nitrogen and oxygen atoms in total. The number of fused-ring (bicyclic) bond motifs is 4. The van der Waals surface area contributed by atoms with Crippen LogP contribution in [-0.2, 0) is 12.8 Å². The van der Waals surface area contributed by atoms with Crippen LogP contribution in [0, 0.1) is 13.8 Å². The van der Waals surface area contributed by atoms with Crippen LogP contribution in [0.2, 0.25) is 0 Å². The molecule has 8 heterocycles. The number of benzene rings is 2. The van der Waals surface area contributed by atoms with Crippen LogP contribution in [0.3, 0.4) is 0 Å². The van der Waals surface area contributed by atoms with Crippen LogP contribution >= 0.6 is 23.5 Å². The first-order valence-electron chi connectivity index (χ1n) is 18.2. The molecule has 0 amide bonds. The molecule has 0 bridgehead atoms. The Kier molecular flexibility index (Phi) is 8.34. The summed E-state index contributed by atoms with van der Waals surface area (Å²) < 4.78 is 3.87. The van der Waals surface area contributed by atoms with E-state index >= 15 is 0 Å². The van der Waals surface area contributed by atoms with Crippen molar-refractivity contribution in [2.45, 2.75) is 47.1 Å². The van der Waals surface area contributed by atoms with E-state index in [1.54, 1.807) is 0 Å². The normalized spacial score (nSPS) is 16.3. The van der Waals surface area contributed by atoms with Gasteiger partial charge < -0.3 is 19.6 Å². The molecule has 4 aromatic heterocycles. The molecule has 0 spiro atoms. The lowest BCUT2D eigenvalue weighted by Crippen LogP contribution is -2.47. The van der Waals surface area contributed by atoms with Gasteiger partial charge in [0.2, 0.25) is 22.2 Å². The van der Waals surface area contributed by atoms with Crippen molar-refractivity contribution in [1.29, 1.82) is 0 Å². The first kappa shape index (κ1) is 33.0. The summed E-state index contributed by atoms with van der Waals surface area (Å²) in [6.07, 6.45) is 1.20. The fraction of sp³-hybridized carbons (Fsp3) is 0.333. The molecular weight excluding hydrogens is 721 g/mol. The molecule has 2 aromatic carbocycles. The van der Waals surface area contributed by atoms with Gasteiger partial charge >= 0.3 is 0 Å². The van der Waals surface area contributed by atoms with Crippen molar-refractivity contribution in [1.82, 2.24) is 49.7 Å². The number of aryl methyl sites for hydroxylation is 4. The number of nitrogens with one attached hydrogen (secondary N) is 2. The molecule has 274 valence electrons. The highest BCUT2D eigenvalue weighted by Gasteiger charge is 2.30. The maximum Gasteiger partial charge on any atom is 0.226 e. The lowest BCUT2D eigenvalue weighted by atomic mass is 10.2. The molecule has 0 radical (unpaired) electrons. The Balaban J connectivity index is 0.788. The maximum atomic E-state index is 4.98. The van der Waals surface area contributed by atoms with Crippen molar-refractivity contribution in [2.75, 3.05) is 82.8 Å². The average molecular weight is 759 g/mol. The third-order valence-electron chi connectivity index (χ3n) is 10.3. The number of hydrogen-bond donors (Lipinski definition) is 2. The minimum Gasteiger partial charge on any atom is -0.368 e. The molecule has 2 saturated heterocycles. The summed E-state index contributed by atoms with van der Waals surface area (Å²) in [5, 5.41) is 21.3. The highest BCUT2D eigenvalue weighted by atomic mass is 32.2. The second kappa shape index (κ2) is 13.7. The van der Waals surface area contributed by atoms with E-state index < -0.39 is 0 Å². The highest BCUT2D eigenvalue weighted by Crippen LogP contribution is 2.40. The second-order valence-electron chi connectivity index (χ2n) is 13.6. The summed E-state index contributed by atoms with van der Waals surface area (Å²) in [5.41, 5.74) is 13.0. The van der Waals surface area contributed by atoms with Gasteiger partial charge in [-0.15, -0.1) is 20.4 Å². The first-order valence-corrected chi connectivity index (χ1v) is 19.8. The SMILES string of the molecule is Cc1nc(N2CCN(c3ccccc3)CC2)nc2c1Nn1c(CCc3nnc4n3Nc3c(C)nc(N5CCN(c6ccccc6)CC5)nc3S4)nnc1S2. The van der Waals surface area contributed by atoms with Crippen molar-refractivity contribution in [3.8, 4) is 0 Å². The maximum absolute atomic E-state index is 4.98. The van der Waals surface area contributed by atoms with Gasteiger partial charge in [0.15, 0.2) is 11.6 Å². The van der Waals surface area contributed by atoms with Crippen molar-refractivity contribution >= 4 is 58.2 Å². The lowest BCUT2D eigenvalue weighted by molar-refractivity contribution is 0.634. The molecule has 2 N–H and O–H groups in total. The van der Waals surface area contributed by atoms with Crippen molar-refractivity contribution in [3.63, 3.8) is 0 Å². The van der Waals surface area contributed by atoms with Gasteiger partial charge in [-0.2, -0.15) is 0 Å². The van der Waals surface area contributed by atoms with Gasteiger partial charge in [-0.25, -0.2) is 29.3 Å². The Bertz CT molecular complexity index is 2150. The molecule has 6 aromatic rings. The number of piperazine rings is 2. The number of rotatable bonds is 7. The zero-order valence-electron chi connectivity index (χ0n) is 29.9. The van der Waals surface area contributed by atoms with Gasteiger partial charge in [-0.05, 0) is 61.6 Å². The fourth-order valence-electron chi connectivity index (χ4n) is 7.26. The number of aromatic nitrogens is 10. The first-order chi connectivity index (χ1) is 26.5. The quantitative estimate of drug-likeness (QED) is 0.224. The van der Waals surface area contributed by atoms with Gasteiger partial charge in [0.05, 0.1) is 11.4 Å². The number of anilines is 6. The van der Waals surface area contributed by atoms with Crippen molar-refractivity contribution in [2.24, 2.45) is 0 Å². The third-order valence-corrected chi connectivity index (χ3v) is 12.1. The molecule has 4 aliphatic rings. The standard InChI is InChI=1S/C36H38N16S2/c1-23-29-31(39-33(37-23)49-19-15-47(16-20-49)25-9-5-3-6-10-25)53-35-43-41-27(51(35)45-29)13-14-28-42-44-36-52(28)46-30-24(2)38-34(40-32(30)54-36)50-21-17-48(18-22-50)26-11-7-4-8-12-26/h3-12,45-46H,13-22H2,1-2H3. The van der Waals surface area contributed by atoms with E-state index in [2.05, 4.69) is 112 Å². The Morgan fingerprint density at radius 3 is 1.30 bits per heavy atom. The number of para-hydroxylation sites is 2. The van der Waals surface area contributed by atoms with Crippen LogP contribution in [-0.4, -0.2) is 102 Å². The molecule has 54 heavy (non-hydrogen) atoms. The summed E-state index contributed by atoms with van der Waals surface area (Å²) in [7, 11) is 0. The van der Waals surface area contributed by atoms with Gasteiger partial charge in [-0.3, -0.25) is 10.9 Å². The Hall–Kier alpha value is -5.62. The van der Waals surface area contributed by atoms with E-state index in [1.807, 2.05) is 23.2 Å². The fourth-order valence-corrected chi connectivity index (χ4v) is 9.10. The average Bonchev–Trinajstić information content (AvgIpc) is 3.82. The van der Waals surface area contributed by atoms with Gasteiger partial charge in [-0.1, -0.05) is 36.4 Å². The molecule has 0 aliphatic carbocycles. The van der Waals surface area contributed by atoms with Crippen LogP contribution in [0.5, 0.6) is 0 Å². The molecule has 4 aliphatic heterocycles. The molecule has 2 fully saturated rings. The minimum absolute atomic E-state index is 0.598. The topological polar surface area (TPSA) is 150 Å². The zero-order chi connectivity index (χ0) is 36.2. The van der Waals surface area contributed by atoms with Crippen LogP contribution in [0.1, 0.15) is 23.0 Å². The Morgan fingerprint density at radius 2 is 0.889 bits per heavy atom. The van der Waals surface area contributed by atoms with Gasteiger partial charge in [0.1, 0.15) is 21.4 Å². The summed E-state index contributed by atoms with van der Waals surface area (Å²) in [6, 6.07) is 21.1. The minimum atomic E-state index is 0.598. The highest BCUT2D eigenvalue weighted by molar-refractivity contribution is 7.99. The number of hydrogen-bond acceptors (Lipinski definition) is 16. The Morgan fingerprint density at radius 1 is 0.500 bits per heavy atom. The van der Waals surface area contributed by atoms with E-state index in [0.717, 1.165) is 119 Å². The summed E-state index contributed by atoms with van der Waals surface area (Å²) in [4.78, 5) is 29.2. The predicted octanol–water partition coefficient (Wildman–Crippen LogP) is 4.18. The van der Waals surface area contributed by atoms with Crippen LogP contribution in [0.15, 0.2) is 81.0 Å². The Labute approximate surface area is 320 Å². The van der Waals surface area contributed by atoms with E-state index in [9.17, 15) is 0 Å². The molecule has 0 atom stereocenters. The summed E-state index contributed by atoms with van der Waals surface area (Å²) in [5.74, 6) is 3.09. The molecular formula is C36H38N16S2. The molecule has 0 saturated carbocycles. The number of nitrogens with zero attached hydrogens (tertiary/aromatic N) is 14. The second-order valence-corrected chi connectivity index (χ2v) is 15.5. The lowest BCUT2D eigenvalue weighted by Gasteiger charge is -2.36. The predicted molar refractivity (Wildman–Crippen MR) is 209 cm³/mol. The summed E-state index contributed by atoms with van der Waals surface area (Å²) >= 11 is 3.03. The van der Waals surface area contributed by atoms with Crippen LogP contribution in [0.25, 0.3) is 0 Å². The molecule has 10 rings (SSSR count). The zero-order valence-corrected chi connectivity index (χ0v) is 31.6. The van der Waals surface area contributed by atoms with E-state index in [0.29, 0.717) is 12.8 Å². The van der Waals surface area contributed by atoms with Crippen molar-refractivity contribution in [3.05, 3.63) is 83.7 Å². The third kappa shape index (κ3) is 6.08. The molecule has 18 heteroatoms. The van der Waals surface area contributed by atoms with Crippen LogP contribution in [0.4, 0.5) is 34.6 Å². The van der Waals surface area contributed by atoms with E-state index in [1.165, 1.54) is 34.9 Å². The largest absolute Gasteiger partial charge is 0.368 e. The van der Waals surface area contributed by atoms with E-state index in [4.69, 9.17) is 19.9 Å². The van der Waals surface area contributed by atoms with Crippen LogP contribution < -0.4 is 30.5 Å². The van der Waals surface area contributed by atoms with Gasteiger partial charge in [0.25, 0.3) is 0 Å².